The Labute approximate surface area is 166 Å². The first-order valence-corrected chi connectivity index (χ1v) is 9.62. The van der Waals surface area contributed by atoms with Crippen LogP contribution in [0.25, 0.3) is 0 Å². The maximum absolute atomic E-state index is 13.0. The second kappa shape index (κ2) is 10.5. The van der Waals surface area contributed by atoms with Crippen LogP contribution in [0.15, 0.2) is 42.7 Å². The van der Waals surface area contributed by atoms with Gasteiger partial charge in [-0.15, -0.1) is 0 Å². The Morgan fingerprint density at radius 3 is 2.50 bits per heavy atom. The lowest BCUT2D eigenvalue weighted by Crippen LogP contribution is -2.46. The van der Waals surface area contributed by atoms with Crippen LogP contribution in [-0.4, -0.2) is 44.4 Å². The predicted octanol–water partition coefficient (Wildman–Crippen LogP) is 3.06. The normalized spacial score (nSPS) is 12.0. The summed E-state index contributed by atoms with van der Waals surface area (Å²) in [6.07, 6.45) is 4.66. The Balaban J connectivity index is 2.08. The predicted molar refractivity (Wildman–Crippen MR) is 108 cm³/mol. The summed E-state index contributed by atoms with van der Waals surface area (Å²) in [5.41, 5.74) is 2.03. The fraction of sp³-hybridized carbons (Fsp3) is 0.476. The van der Waals surface area contributed by atoms with E-state index in [0.29, 0.717) is 31.8 Å². The Morgan fingerprint density at radius 1 is 1.21 bits per heavy atom. The molecule has 2 N–H and O–H groups in total. The number of aliphatic carboxylic acids is 1. The first-order valence-electron chi connectivity index (χ1n) is 9.62. The molecule has 1 heterocycles. The minimum atomic E-state index is -0.860. The van der Waals surface area contributed by atoms with Gasteiger partial charge in [0.15, 0.2) is 0 Å². The Kier molecular flexibility index (Phi) is 8.04. The van der Waals surface area contributed by atoms with E-state index in [4.69, 9.17) is 5.11 Å². The molecule has 28 heavy (non-hydrogen) atoms. The van der Waals surface area contributed by atoms with E-state index in [-0.39, 0.29) is 18.5 Å². The number of nitrogens with zero attached hydrogens (tertiary/aromatic N) is 3. The van der Waals surface area contributed by atoms with Gasteiger partial charge in [0.2, 0.25) is 0 Å². The number of rotatable bonds is 10. The SMILES string of the molecule is CC(C)CN(Cc1cnn(C)c1)C(=O)NC(CCC(=O)O)Cc1ccccc1. The third-order valence-electron chi connectivity index (χ3n) is 4.36. The molecule has 1 unspecified atom stereocenters. The molecule has 0 aliphatic heterocycles. The highest BCUT2D eigenvalue weighted by molar-refractivity contribution is 5.74. The van der Waals surface area contributed by atoms with Crippen molar-refractivity contribution in [2.45, 2.75) is 45.7 Å². The van der Waals surface area contributed by atoms with E-state index in [0.717, 1.165) is 11.1 Å². The largest absolute Gasteiger partial charge is 0.481 e. The summed E-state index contributed by atoms with van der Waals surface area (Å²) in [5.74, 6) is -0.546. The van der Waals surface area contributed by atoms with E-state index >= 15 is 0 Å². The standard InChI is InChI=1S/C21H30N4O3/c1-16(2)13-25(15-18-12-22-24(3)14-18)21(28)23-19(9-10-20(26)27)11-17-7-5-4-6-8-17/h4-8,12,14,16,19H,9-11,13,15H2,1-3H3,(H,23,28)(H,26,27). The molecule has 2 amide bonds. The minimum Gasteiger partial charge on any atom is -0.481 e. The number of carboxylic acid groups (broad SMARTS) is 1. The van der Waals surface area contributed by atoms with E-state index in [1.165, 1.54) is 0 Å². The molecule has 7 heteroatoms. The molecule has 7 nitrogen and oxygen atoms in total. The van der Waals surface area contributed by atoms with Gasteiger partial charge in [0.25, 0.3) is 0 Å². The smallest absolute Gasteiger partial charge is 0.317 e. The van der Waals surface area contributed by atoms with Crippen LogP contribution >= 0.6 is 0 Å². The van der Waals surface area contributed by atoms with Gasteiger partial charge < -0.3 is 15.3 Å². The molecule has 0 fully saturated rings. The van der Waals surface area contributed by atoms with Gasteiger partial charge in [-0.1, -0.05) is 44.2 Å². The van der Waals surface area contributed by atoms with Crippen molar-refractivity contribution < 1.29 is 14.7 Å². The maximum Gasteiger partial charge on any atom is 0.317 e. The van der Waals surface area contributed by atoms with Crippen molar-refractivity contribution in [1.29, 1.82) is 0 Å². The molecular weight excluding hydrogens is 356 g/mol. The van der Waals surface area contributed by atoms with Gasteiger partial charge in [-0.3, -0.25) is 9.48 Å². The van der Waals surface area contributed by atoms with Crippen molar-refractivity contribution in [1.82, 2.24) is 20.0 Å². The highest BCUT2D eigenvalue weighted by Crippen LogP contribution is 2.11. The van der Waals surface area contributed by atoms with Crippen LogP contribution in [-0.2, 0) is 24.8 Å². The fourth-order valence-electron chi connectivity index (χ4n) is 3.12. The van der Waals surface area contributed by atoms with Gasteiger partial charge >= 0.3 is 12.0 Å². The number of hydrogen-bond donors (Lipinski definition) is 2. The van der Waals surface area contributed by atoms with E-state index in [2.05, 4.69) is 24.3 Å². The summed E-state index contributed by atoms with van der Waals surface area (Å²) in [4.78, 5) is 25.8. The van der Waals surface area contributed by atoms with Crippen LogP contribution < -0.4 is 5.32 Å². The molecule has 0 saturated carbocycles. The first-order chi connectivity index (χ1) is 13.3. The molecule has 0 bridgehead atoms. The van der Waals surface area contributed by atoms with Crippen LogP contribution in [0.3, 0.4) is 0 Å². The summed E-state index contributed by atoms with van der Waals surface area (Å²) >= 11 is 0. The van der Waals surface area contributed by atoms with Crippen LogP contribution in [0.1, 0.15) is 37.8 Å². The number of carboxylic acids is 1. The number of benzene rings is 1. The summed E-state index contributed by atoms with van der Waals surface area (Å²) < 4.78 is 1.71. The summed E-state index contributed by atoms with van der Waals surface area (Å²) in [7, 11) is 1.85. The summed E-state index contributed by atoms with van der Waals surface area (Å²) in [6, 6.07) is 9.38. The lowest BCUT2D eigenvalue weighted by molar-refractivity contribution is -0.137. The second-order valence-electron chi connectivity index (χ2n) is 7.57. The molecule has 0 radical (unpaired) electrons. The van der Waals surface area contributed by atoms with Crippen LogP contribution in [0.5, 0.6) is 0 Å². The Bertz CT molecular complexity index is 758. The number of carbonyl (C=O) groups excluding carboxylic acids is 1. The van der Waals surface area contributed by atoms with Gasteiger partial charge in [0, 0.05) is 37.8 Å². The number of aryl methyl sites for hydroxylation is 1. The van der Waals surface area contributed by atoms with Crippen molar-refractivity contribution in [2.75, 3.05) is 6.54 Å². The number of amides is 2. The summed E-state index contributed by atoms with van der Waals surface area (Å²) in [6.45, 7) is 5.21. The highest BCUT2D eigenvalue weighted by Gasteiger charge is 2.21. The van der Waals surface area contributed by atoms with Gasteiger partial charge in [-0.25, -0.2) is 4.79 Å². The van der Waals surface area contributed by atoms with Crippen molar-refractivity contribution in [3.8, 4) is 0 Å². The first kappa shape index (κ1) is 21.5. The van der Waals surface area contributed by atoms with Crippen LogP contribution in [0, 0.1) is 5.92 Å². The van der Waals surface area contributed by atoms with E-state index in [1.807, 2.05) is 43.6 Å². The van der Waals surface area contributed by atoms with E-state index in [9.17, 15) is 9.59 Å². The quantitative estimate of drug-likeness (QED) is 0.657. The average molecular weight is 386 g/mol. The monoisotopic (exact) mass is 386 g/mol. The molecule has 2 aromatic rings. The molecule has 0 saturated heterocycles. The lowest BCUT2D eigenvalue weighted by atomic mass is 10.0. The average Bonchev–Trinajstić information content (AvgIpc) is 3.04. The van der Waals surface area contributed by atoms with Crippen LogP contribution in [0.4, 0.5) is 4.79 Å². The number of urea groups is 1. The zero-order chi connectivity index (χ0) is 20.5. The molecule has 152 valence electrons. The van der Waals surface area contributed by atoms with Crippen LogP contribution in [0.2, 0.25) is 0 Å². The molecule has 0 aliphatic carbocycles. The van der Waals surface area contributed by atoms with Crippen molar-refractivity contribution in [3.63, 3.8) is 0 Å². The Morgan fingerprint density at radius 2 is 1.93 bits per heavy atom. The topological polar surface area (TPSA) is 87.5 Å². The minimum absolute atomic E-state index is 0.0184. The van der Waals surface area contributed by atoms with Gasteiger partial charge in [0.05, 0.1) is 12.7 Å². The van der Waals surface area contributed by atoms with Gasteiger partial charge in [-0.05, 0) is 24.3 Å². The second-order valence-corrected chi connectivity index (χ2v) is 7.57. The van der Waals surface area contributed by atoms with Crippen molar-refractivity contribution in [2.24, 2.45) is 13.0 Å². The fourth-order valence-corrected chi connectivity index (χ4v) is 3.12. The maximum atomic E-state index is 13.0. The zero-order valence-corrected chi connectivity index (χ0v) is 16.8. The lowest BCUT2D eigenvalue weighted by Gasteiger charge is -2.27. The number of aromatic nitrogens is 2. The van der Waals surface area contributed by atoms with E-state index in [1.54, 1.807) is 15.8 Å². The third kappa shape index (κ3) is 7.42. The van der Waals surface area contributed by atoms with Crippen molar-refractivity contribution in [3.05, 3.63) is 53.9 Å². The number of carbonyl (C=O) groups is 2. The third-order valence-corrected chi connectivity index (χ3v) is 4.36. The van der Waals surface area contributed by atoms with E-state index < -0.39 is 5.97 Å². The molecular formula is C21H30N4O3. The zero-order valence-electron chi connectivity index (χ0n) is 16.8. The van der Waals surface area contributed by atoms with Gasteiger partial charge in [0.1, 0.15) is 0 Å². The number of nitrogens with one attached hydrogen (secondary N) is 1. The number of hydrogen-bond acceptors (Lipinski definition) is 3. The molecule has 1 atom stereocenters. The molecule has 1 aromatic carbocycles. The molecule has 0 aliphatic rings. The molecule has 2 rings (SSSR count). The molecule has 0 spiro atoms. The highest BCUT2D eigenvalue weighted by atomic mass is 16.4. The Hall–Kier alpha value is -2.83. The summed E-state index contributed by atoms with van der Waals surface area (Å²) in [5, 5.41) is 16.3. The molecule has 1 aromatic heterocycles. The van der Waals surface area contributed by atoms with Crippen molar-refractivity contribution >= 4 is 12.0 Å². The van der Waals surface area contributed by atoms with Gasteiger partial charge in [-0.2, -0.15) is 5.10 Å².